The second-order valence-electron chi connectivity index (χ2n) is 11.2. The van der Waals surface area contributed by atoms with Gasteiger partial charge in [0.15, 0.2) is 5.69 Å². The van der Waals surface area contributed by atoms with E-state index in [2.05, 4.69) is 4.57 Å². The summed E-state index contributed by atoms with van der Waals surface area (Å²) in [7, 11) is 1.70. The molecule has 224 valence electrons. The largest absolute Gasteiger partial charge is 0.465 e. The van der Waals surface area contributed by atoms with Crippen LogP contribution < -0.4 is 0 Å². The van der Waals surface area contributed by atoms with Gasteiger partial charge in [0.2, 0.25) is 0 Å². The molecule has 3 aromatic rings. The zero-order valence-electron chi connectivity index (χ0n) is 24.4. The highest BCUT2D eigenvalue weighted by molar-refractivity contribution is 5.98. The summed E-state index contributed by atoms with van der Waals surface area (Å²) < 4.78 is 13.8. The Kier molecular flexibility index (Phi) is 10.3. The summed E-state index contributed by atoms with van der Waals surface area (Å²) in [5.74, 6) is -0.162. The van der Waals surface area contributed by atoms with Gasteiger partial charge in [0.25, 0.3) is 5.91 Å². The minimum Gasteiger partial charge on any atom is -0.465 e. The number of hydrogen-bond acceptors (Lipinski definition) is 5. The van der Waals surface area contributed by atoms with Crippen molar-refractivity contribution in [2.24, 2.45) is 0 Å². The van der Waals surface area contributed by atoms with Gasteiger partial charge in [0.05, 0.1) is 30.2 Å². The molecule has 1 saturated heterocycles. The van der Waals surface area contributed by atoms with E-state index in [1.165, 1.54) is 4.90 Å². The van der Waals surface area contributed by atoms with Crippen molar-refractivity contribution in [2.45, 2.75) is 63.1 Å². The number of amides is 2. The summed E-state index contributed by atoms with van der Waals surface area (Å²) in [6, 6.07) is 19.7. The van der Waals surface area contributed by atoms with Gasteiger partial charge in [-0.1, -0.05) is 79.9 Å². The summed E-state index contributed by atoms with van der Waals surface area (Å²) in [6.07, 6.45) is 7.56. The number of aromatic nitrogens is 2. The predicted molar refractivity (Wildman–Crippen MR) is 161 cm³/mol. The number of carboxylic acid groups (broad SMARTS) is 1. The zero-order chi connectivity index (χ0) is 29.3. The Morgan fingerprint density at radius 3 is 2.43 bits per heavy atom. The van der Waals surface area contributed by atoms with Crippen LogP contribution in [0.4, 0.5) is 4.79 Å². The van der Waals surface area contributed by atoms with Crippen molar-refractivity contribution in [1.82, 2.24) is 19.4 Å². The van der Waals surface area contributed by atoms with Gasteiger partial charge in [-0.15, -0.1) is 0 Å². The van der Waals surface area contributed by atoms with Gasteiger partial charge in [0, 0.05) is 45.5 Å². The third-order valence-electron chi connectivity index (χ3n) is 8.47. The first kappa shape index (κ1) is 29.8. The molecule has 1 N–H and O–H groups in total. The number of rotatable bonds is 10. The number of methoxy groups -OCH3 is 1. The lowest BCUT2D eigenvalue weighted by atomic mass is 10.0. The Labute approximate surface area is 248 Å². The summed E-state index contributed by atoms with van der Waals surface area (Å²) >= 11 is 0. The van der Waals surface area contributed by atoms with Crippen molar-refractivity contribution in [3.05, 3.63) is 78.2 Å². The van der Waals surface area contributed by atoms with Crippen LogP contribution in [-0.2, 0) is 15.9 Å². The summed E-state index contributed by atoms with van der Waals surface area (Å²) in [6.45, 7) is 2.14. The molecule has 1 saturated carbocycles. The molecule has 1 aliphatic heterocycles. The molecule has 9 heteroatoms. The highest BCUT2D eigenvalue weighted by atomic mass is 16.5. The van der Waals surface area contributed by atoms with E-state index in [-0.39, 0.29) is 37.2 Å². The molecule has 1 aromatic heterocycles. The molecule has 0 radical (unpaired) electrons. The van der Waals surface area contributed by atoms with E-state index < -0.39 is 6.09 Å². The lowest BCUT2D eigenvalue weighted by Gasteiger charge is -2.40. The van der Waals surface area contributed by atoms with Crippen LogP contribution in [0, 0.1) is 0 Å². The lowest BCUT2D eigenvalue weighted by molar-refractivity contribution is 0.00370. The van der Waals surface area contributed by atoms with Gasteiger partial charge >= 0.3 is 6.09 Å². The molecule has 42 heavy (non-hydrogen) atoms. The van der Waals surface area contributed by atoms with Gasteiger partial charge in [0.1, 0.15) is 0 Å². The average Bonchev–Trinajstić information content (AvgIpc) is 3.32. The number of nitrogens with zero attached hydrogens (tertiary/aromatic N) is 4. The molecule has 2 amide bonds. The van der Waals surface area contributed by atoms with Gasteiger partial charge in [-0.3, -0.25) is 4.79 Å². The molecule has 2 heterocycles. The van der Waals surface area contributed by atoms with Crippen LogP contribution in [0.1, 0.15) is 60.6 Å². The quantitative estimate of drug-likeness (QED) is 0.253. The fraction of sp³-hybridized carbons (Fsp3) is 0.485. The van der Waals surface area contributed by atoms with Crippen LogP contribution in [0.25, 0.3) is 11.3 Å². The van der Waals surface area contributed by atoms with Crippen LogP contribution in [-0.4, -0.2) is 88.6 Å². The molecule has 2 aliphatic rings. The summed E-state index contributed by atoms with van der Waals surface area (Å²) in [4.78, 5) is 34.3. The second kappa shape index (κ2) is 14.5. The van der Waals surface area contributed by atoms with Crippen LogP contribution in [0.2, 0.25) is 0 Å². The molecule has 0 spiro atoms. The van der Waals surface area contributed by atoms with E-state index in [1.807, 2.05) is 71.9 Å². The van der Waals surface area contributed by atoms with E-state index in [4.69, 9.17) is 14.5 Å². The van der Waals surface area contributed by atoms with Crippen molar-refractivity contribution in [1.29, 1.82) is 0 Å². The number of carbonyl (C=O) groups excluding carboxylic acids is 1. The number of hydrogen-bond donors (Lipinski definition) is 1. The first-order chi connectivity index (χ1) is 20.6. The molecule has 0 bridgehead atoms. The summed E-state index contributed by atoms with van der Waals surface area (Å²) in [5.41, 5.74) is 3.21. The van der Waals surface area contributed by atoms with E-state index in [1.54, 1.807) is 7.11 Å². The summed E-state index contributed by atoms with van der Waals surface area (Å²) in [5, 5.41) is 9.73. The van der Waals surface area contributed by atoms with E-state index in [0.717, 1.165) is 55.3 Å². The maximum absolute atomic E-state index is 14.4. The number of ether oxygens (including phenoxy) is 2. The number of benzene rings is 2. The van der Waals surface area contributed by atoms with Crippen LogP contribution in [0.15, 0.2) is 67.0 Å². The molecule has 5 rings (SSSR count). The number of carbonyl (C=O) groups is 2. The fourth-order valence-electron chi connectivity index (χ4n) is 6.35. The third kappa shape index (κ3) is 7.02. The Morgan fingerprint density at radius 2 is 1.69 bits per heavy atom. The minimum atomic E-state index is -0.959. The SMILES string of the molecule is COCCCOC1CCCCCC1n1cnc(C(=O)N2CCN(C(=O)O)C[C@H]2Cc2ccccc2)c1-c1ccccc1. The fourth-order valence-corrected chi connectivity index (χ4v) is 6.35. The van der Waals surface area contributed by atoms with Gasteiger partial charge in [-0.05, 0) is 31.2 Å². The highest BCUT2D eigenvalue weighted by Crippen LogP contribution is 2.36. The van der Waals surface area contributed by atoms with Crippen molar-refractivity contribution in [3.8, 4) is 11.3 Å². The van der Waals surface area contributed by atoms with Crippen LogP contribution >= 0.6 is 0 Å². The van der Waals surface area contributed by atoms with Crippen molar-refractivity contribution in [2.75, 3.05) is 40.0 Å². The van der Waals surface area contributed by atoms with Crippen molar-refractivity contribution < 1.29 is 24.2 Å². The Morgan fingerprint density at radius 1 is 0.952 bits per heavy atom. The van der Waals surface area contributed by atoms with Gasteiger partial charge in [-0.2, -0.15) is 0 Å². The number of piperazine rings is 1. The third-order valence-corrected chi connectivity index (χ3v) is 8.47. The van der Waals surface area contributed by atoms with Gasteiger partial charge in [-0.25, -0.2) is 9.78 Å². The molecule has 2 unspecified atom stereocenters. The van der Waals surface area contributed by atoms with Crippen LogP contribution in [0.3, 0.4) is 0 Å². The average molecular weight is 575 g/mol. The monoisotopic (exact) mass is 574 g/mol. The predicted octanol–water partition coefficient (Wildman–Crippen LogP) is 5.52. The smallest absolute Gasteiger partial charge is 0.407 e. The highest BCUT2D eigenvalue weighted by Gasteiger charge is 2.37. The Hall–Kier alpha value is -3.69. The molecule has 1 aliphatic carbocycles. The molecule has 9 nitrogen and oxygen atoms in total. The maximum atomic E-state index is 14.4. The maximum Gasteiger partial charge on any atom is 0.407 e. The first-order valence-electron chi connectivity index (χ1n) is 15.1. The molecule has 2 fully saturated rings. The zero-order valence-corrected chi connectivity index (χ0v) is 24.4. The van der Waals surface area contributed by atoms with Crippen molar-refractivity contribution in [3.63, 3.8) is 0 Å². The van der Waals surface area contributed by atoms with Crippen molar-refractivity contribution >= 4 is 12.0 Å². The van der Waals surface area contributed by atoms with E-state index in [0.29, 0.717) is 31.9 Å². The van der Waals surface area contributed by atoms with Gasteiger partial charge < -0.3 is 28.9 Å². The molecule has 3 atom stereocenters. The lowest BCUT2D eigenvalue weighted by Crippen LogP contribution is -2.57. The number of imidazole rings is 1. The Balaban J connectivity index is 1.49. The standard InChI is InChI=1S/C33H42N4O5/c1-41-20-11-21-42-29-17-10-4-9-16-28(29)37-24-34-30(31(37)26-14-7-3-8-15-26)32(38)36-19-18-35(33(39)40)23-27(36)22-25-12-5-2-6-13-25/h2-3,5-8,12-15,24,27-29H,4,9-11,16-23H2,1H3,(H,39,40)/t27-,28?,29?/m1/s1. The van der Waals surface area contributed by atoms with E-state index >= 15 is 0 Å². The first-order valence-corrected chi connectivity index (χ1v) is 15.1. The topological polar surface area (TPSA) is 97.1 Å². The van der Waals surface area contributed by atoms with E-state index in [9.17, 15) is 14.7 Å². The Bertz CT molecular complexity index is 1300. The molecule has 2 aromatic carbocycles. The molecular weight excluding hydrogens is 532 g/mol. The minimum absolute atomic E-state index is 0.0221. The second-order valence-corrected chi connectivity index (χ2v) is 11.2. The molecular formula is C33H42N4O5. The van der Waals surface area contributed by atoms with Crippen LogP contribution in [0.5, 0.6) is 0 Å². The normalized spacial score (nSPS) is 21.2.